The molecule has 21 heavy (non-hydrogen) atoms. The highest BCUT2D eigenvalue weighted by Crippen LogP contribution is 2.30. The van der Waals surface area contributed by atoms with E-state index >= 15 is 0 Å². The molecule has 0 amide bonds. The van der Waals surface area contributed by atoms with Crippen molar-refractivity contribution in [3.63, 3.8) is 0 Å². The molecule has 0 fully saturated rings. The molecular formula is C15H14ClN3O2. The van der Waals surface area contributed by atoms with Gasteiger partial charge in [-0.15, -0.1) is 0 Å². The number of halogens is 1. The number of aromatic nitrogens is 1. The van der Waals surface area contributed by atoms with Gasteiger partial charge in [0.05, 0.1) is 43.1 Å². The van der Waals surface area contributed by atoms with Gasteiger partial charge < -0.3 is 14.8 Å². The molecule has 2 rings (SSSR count). The van der Waals surface area contributed by atoms with E-state index in [1.54, 1.807) is 44.7 Å². The SMILES string of the molecule is COc1ccnc(CNc2ccc(C#N)cc2Cl)c1OC. The van der Waals surface area contributed by atoms with Crippen LogP contribution >= 0.6 is 11.6 Å². The lowest BCUT2D eigenvalue weighted by molar-refractivity contribution is 0.350. The molecule has 5 nitrogen and oxygen atoms in total. The Balaban J connectivity index is 2.19. The third-order valence-corrected chi connectivity index (χ3v) is 3.22. The Morgan fingerprint density at radius 3 is 2.71 bits per heavy atom. The molecule has 0 aliphatic heterocycles. The van der Waals surface area contributed by atoms with Gasteiger partial charge in [0.25, 0.3) is 0 Å². The van der Waals surface area contributed by atoms with E-state index in [4.69, 9.17) is 26.3 Å². The predicted molar refractivity (Wildman–Crippen MR) is 80.8 cm³/mol. The van der Waals surface area contributed by atoms with Gasteiger partial charge in [0.15, 0.2) is 11.5 Å². The Hall–Kier alpha value is -2.45. The van der Waals surface area contributed by atoms with Crippen LogP contribution in [0.15, 0.2) is 30.5 Å². The minimum atomic E-state index is 0.423. The number of pyridine rings is 1. The summed E-state index contributed by atoms with van der Waals surface area (Å²) in [7, 11) is 3.14. The summed E-state index contributed by atoms with van der Waals surface area (Å²) in [5.41, 5.74) is 1.95. The molecule has 1 aromatic carbocycles. The number of nitrogens with one attached hydrogen (secondary N) is 1. The van der Waals surface area contributed by atoms with E-state index in [1.807, 2.05) is 6.07 Å². The summed E-state index contributed by atoms with van der Waals surface area (Å²) in [5, 5.41) is 12.5. The van der Waals surface area contributed by atoms with Crippen LogP contribution in [0.2, 0.25) is 5.02 Å². The van der Waals surface area contributed by atoms with Crippen molar-refractivity contribution in [2.45, 2.75) is 6.54 Å². The summed E-state index contributed by atoms with van der Waals surface area (Å²) in [6, 6.07) is 8.84. The molecule has 0 radical (unpaired) electrons. The largest absolute Gasteiger partial charge is 0.493 e. The molecule has 0 spiro atoms. The molecule has 0 aliphatic rings. The van der Waals surface area contributed by atoms with Crippen LogP contribution in [0.25, 0.3) is 0 Å². The second kappa shape index (κ2) is 6.82. The van der Waals surface area contributed by atoms with Crippen molar-refractivity contribution in [1.82, 2.24) is 4.98 Å². The predicted octanol–water partition coefficient (Wildman–Crippen LogP) is 3.24. The van der Waals surface area contributed by atoms with Crippen molar-refractivity contribution in [1.29, 1.82) is 5.26 Å². The van der Waals surface area contributed by atoms with Crippen molar-refractivity contribution in [3.05, 3.63) is 46.7 Å². The number of ether oxygens (including phenoxy) is 2. The van der Waals surface area contributed by atoms with Crippen molar-refractivity contribution < 1.29 is 9.47 Å². The second-order valence-electron chi connectivity index (χ2n) is 4.15. The zero-order valence-corrected chi connectivity index (χ0v) is 12.4. The standard InChI is InChI=1S/C15H14ClN3O2/c1-20-14-5-6-18-13(15(14)21-2)9-19-12-4-3-10(8-17)7-11(12)16/h3-7,19H,9H2,1-2H3. The fourth-order valence-corrected chi connectivity index (χ4v) is 2.13. The lowest BCUT2D eigenvalue weighted by atomic mass is 10.2. The Morgan fingerprint density at radius 2 is 2.10 bits per heavy atom. The molecule has 1 N–H and O–H groups in total. The summed E-state index contributed by atoms with van der Waals surface area (Å²) in [5.74, 6) is 1.20. The molecule has 2 aromatic rings. The quantitative estimate of drug-likeness (QED) is 0.918. The first kappa shape index (κ1) is 14.9. The van der Waals surface area contributed by atoms with E-state index < -0.39 is 0 Å². The first-order valence-electron chi connectivity index (χ1n) is 6.19. The lowest BCUT2D eigenvalue weighted by Crippen LogP contribution is -2.05. The van der Waals surface area contributed by atoms with Gasteiger partial charge in [-0.3, -0.25) is 4.98 Å². The molecule has 0 bridgehead atoms. The minimum absolute atomic E-state index is 0.423. The fourth-order valence-electron chi connectivity index (χ4n) is 1.88. The molecular weight excluding hydrogens is 290 g/mol. The Bertz CT molecular complexity index is 683. The maximum Gasteiger partial charge on any atom is 0.184 e. The first-order chi connectivity index (χ1) is 10.2. The van der Waals surface area contributed by atoms with Gasteiger partial charge >= 0.3 is 0 Å². The number of anilines is 1. The Morgan fingerprint density at radius 1 is 1.29 bits per heavy atom. The third-order valence-electron chi connectivity index (χ3n) is 2.91. The van der Waals surface area contributed by atoms with E-state index in [-0.39, 0.29) is 0 Å². The van der Waals surface area contributed by atoms with Gasteiger partial charge in [0.1, 0.15) is 5.69 Å². The Labute approximate surface area is 128 Å². The number of nitriles is 1. The van der Waals surface area contributed by atoms with Gasteiger partial charge in [-0.05, 0) is 18.2 Å². The number of hydrogen-bond donors (Lipinski definition) is 1. The highest BCUT2D eigenvalue weighted by Gasteiger charge is 2.11. The average molecular weight is 304 g/mol. The average Bonchev–Trinajstić information content (AvgIpc) is 2.52. The number of hydrogen-bond acceptors (Lipinski definition) is 5. The van der Waals surface area contributed by atoms with Gasteiger partial charge in [-0.25, -0.2) is 0 Å². The first-order valence-corrected chi connectivity index (χ1v) is 6.56. The molecule has 1 aromatic heterocycles. The molecule has 0 atom stereocenters. The van der Waals surface area contributed by atoms with Crippen LogP contribution in [0.4, 0.5) is 5.69 Å². The molecule has 0 aliphatic carbocycles. The normalized spacial score (nSPS) is 9.81. The maximum atomic E-state index is 8.82. The maximum absolute atomic E-state index is 8.82. The number of nitrogens with zero attached hydrogens (tertiary/aromatic N) is 2. The summed E-state index contributed by atoms with van der Waals surface area (Å²) >= 11 is 6.12. The molecule has 0 saturated carbocycles. The molecule has 0 unspecified atom stereocenters. The molecule has 1 heterocycles. The van der Waals surface area contributed by atoms with Gasteiger partial charge in [-0.2, -0.15) is 5.26 Å². The van der Waals surface area contributed by atoms with E-state index in [1.165, 1.54) is 0 Å². The van der Waals surface area contributed by atoms with Crippen LogP contribution in [0, 0.1) is 11.3 Å². The van der Waals surface area contributed by atoms with Crippen LogP contribution < -0.4 is 14.8 Å². The minimum Gasteiger partial charge on any atom is -0.493 e. The van der Waals surface area contributed by atoms with Gasteiger partial charge in [0, 0.05) is 12.3 Å². The fraction of sp³-hybridized carbons (Fsp3) is 0.200. The summed E-state index contributed by atoms with van der Waals surface area (Å²) < 4.78 is 10.5. The van der Waals surface area contributed by atoms with Crippen LogP contribution in [-0.2, 0) is 6.54 Å². The summed E-state index contributed by atoms with van der Waals surface area (Å²) in [6.45, 7) is 0.423. The zero-order valence-electron chi connectivity index (χ0n) is 11.7. The van der Waals surface area contributed by atoms with Gasteiger partial charge in [0.2, 0.25) is 0 Å². The van der Waals surface area contributed by atoms with Crippen molar-refractivity contribution in [2.24, 2.45) is 0 Å². The third kappa shape index (κ3) is 3.36. The van der Waals surface area contributed by atoms with E-state index in [0.29, 0.717) is 34.3 Å². The topological polar surface area (TPSA) is 67.2 Å². The van der Waals surface area contributed by atoms with Crippen LogP contribution in [0.5, 0.6) is 11.5 Å². The smallest absolute Gasteiger partial charge is 0.184 e. The number of methoxy groups -OCH3 is 2. The monoisotopic (exact) mass is 303 g/mol. The van der Waals surface area contributed by atoms with Gasteiger partial charge in [-0.1, -0.05) is 11.6 Å². The van der Waals surface area contributed by atoms with E-state index in [2.05, 4.69) is 10.3 Å². The second-order valence-corrected chi connectivity index (χ2v) is 4.56. The van der Waals surface area contributed by atoms with Crippen LogP contribution in [-0.4, -0.2) is 19.2 Å². The molecule has 108 valence electrons. The van der Waals surface area contributed by atoms with Crippen LogP contribution in [0.3, 0.4) is 0 Å². The number of benzene rings is 1. The molecule has 6 heteroatoms. The van der Waals surface area contributed by atoms with Crippen molar-refractivity contribution in [2.75, 3.05) is 19.5 Å². The summed E-state index contributed by atoms with van der Waals surface area (Å²) in [4.78, 5) is 4.27. The highest BCUT2D eigenvalue weighted by atomic mass is 35.5. The van der Waals surface area contributed by atoms with Crippen molar-refractivity contribution >= 4 is 17.3 Å². The molecule has 0 saturated heterocycles. The van der Waals surface area contributed by atoms with Crippen LogP contribution in [0.1, 0.15) is 11.3 Å². The number of rotatable bonds is 5. The van der Waals surface area contributed by atoms with Crippen molar-refractivity contribution in [3.8, 4) is 17.6 Å². The zero-order chi connectivity index (χ0) is 15.2. The summed E-state index contributed by atoms with van der Waals surface area (Å²) in [6.07, 6.45) is 1.65. The highest BCUT2D eigenvalue weighted by molar-refractivity contribution is 6.33. The lowest BCUT2D eigenvalue weighted by Gasteiger charge is -2.13. The van der Waals surface area contributed by atoms with E-state index in [9.17, 15) is 0 Å². The van der Waals surface area contributed by atoms with E-state index in [0.717, 1.165) is 5.69 Å². The Kier molecular flexibility index (Phi) is 4.85.